The van der Waals surface area contributed by atoms with E-state index in [4.69, 9.17) is 4.74 Å². The number of ether oxygens (including phenoxy) is 1. The topological polar surface area (TPSA) is 88.6 Å². The first-order valence-corrected chi connectivity index (χ1v) is 10.5. The molecule has 0 unspecified atom stereocenters. The highest BCUT2D eigenvalue weighted by molar-refractivity contribution is 7.22. The van der Waals surface area contributed by atoms with Crippen molar-refractivity contribution in [3.63, 3.8) is 0 Å². The number of thiophene rings is 1. The molecule has 1 atom stereocenters. The van der Waals surface area contributed by atoms with Crippen LogP contribution in [0.3, 0.4) is 0 Å². The number of fused-ring (bicyclic) bond motifs is 1. The van der Waals surface area contributed by atoms with Crippen molar-refractivity contribution in [2.24, 2.45) is 0 Å². The Morgan fingerprint density at radius 1 is 1.21 bits per heavy atom. The Labute approximate surface area is 168 Å². The molecular formula is C19H17N3O4S2. The van der Waals surface area contributed by atoms with Gasteiger partial charge in [0.15, 0.2) is 11.7 Å². The summed E-state index contributed by atoms with van der Waals surface area (Å²) < 4.78 is 6.13. The summed E-state index contributed by atoms with van der Waals surface area (Å²) >= 11 is 2.69. The predicted molar refractivity (Wildman–Crippen MR) is 108 cm³/mol. The molecule has 0 saturated carbocycles. The number of hydrogen-bond donors (Lipinski definition) is 1. The van der Waals surface area contributed by atoms with E-state index in [1.807, 2.05) is 29.6 Å². The molecule has 1 aromatic carbocycles. The molecule has 3 aromatic rings. The maximum atomic E-state index is 12.5. The van der Waals surface area contributed by atoms with E-state index in [1.54, 1.807) is 12.1 Å². The smallest absolute Gasteiger partial charge is 0.329 e. The molecule has 0 aliphatic carbocycles. The molecule has 9 heteroatoms. The van der Waals surface area contributed by atoms with E-state index in [9.17, 15) is 14.4 Å². The maximum absolute atomic E-state index is 12.5. The molecule has 1 saturated heterocycles. The number of benzene rings is 1. The Hall–Kier alpha value is -2.78. The van der Waals surface area contributed by atoms with Crippen LogP contribution in [0.15, 0.2) is 41.8 Å². The number of rotatable bonds is 5. The molecule has 7 nitrogen and oxygen atoms in total. The van der Waals surface area contributed by atoms with Gasteiger partial charge >= 0.3 is 5.97 Å². The average molecular weight is 415 g/mol. The number of anilines is 1. The van der Waals surface area contributed by atoms with Crippen LogP contribution in [0.1, 0.15) is 22.5 Å². The van der Waals surface area contributed by atoms with Gasteiger partial charge in [-0.3, -0.25) is 14.9 Å². The van der Waals surface area contributed by atoms with Gasteiger partial charge < -0.3 is 9.64 Å². The van der Waals surface area contributed by atoms with Gasteiger partial charge in [0.2, 0.25) is 0 Å². The molecule has 4 rings (SSSR count). The molecule has 1 aliphatic heterocycles. The van der Waals surface area contributed by atoms with Crippen LogP contribution in [0.25, 0.3) is 10.2 Å². The number of amides is 2. The van der Waals surface area contributed by atoms with Gasteiger partial charge in [-0.25, -0.2) is 9.78 Å². The molecule has 1 fully saturated rings. The summed E-state index contributed by atoms with van der Waals surface area (Å²) in [7, 11) is 0. The standard InChI is InChI=1S/C19H17N3O4S2/c23-16(21-19-20-12-5-1-2-7-14(12)28-19)11-26-18(25)13-6-3-9-22(13)17(24)15-8-4-10-27-15/h1-2,4-5,7-8,10,13H,3,6,9,11H2,(H,20,21,23)/t13-/m1/s1. The lowest BCUT2D eigenvalue weighted by molar-refractivity contribution is -0.151. The number of carbonyl (C=O) groups excluding carboxylic acids is 3. The number of aromatic nitrogens is 1. The van der Waals surface area contributed by atoms with Crippen molar-refractivity contribution in [2.45, 2.75) is 18.9 Å². The van der Waals surface area contributed by atoms with Gasteiger partial charge in [-0.15, -0.1) is 11.3 Å². The Balaban J connectivity index is 1.33. The minimum Gasteiger partial charge on any atom is -0.454 e. The van der Waals surface area contributed by atoms with Crippen LogP contribution < -0.4 is 5.32 Å². The summed E-state index contributed by atoms with van der Waals surface area (Å²) in [6, 6.07) is 10.4. The van der Waals surface area contributed by atoms with Crippen molar-refractivity contribution in [3.8, 4) is 0 Å². The quantitative estimate of drug-likeness (QED) is 0.647. The lowest BCUT2D eigenvalue weighted by atomic mass is 10.2. The second-order valence-corrected chi connectivity index (χ2v) is 8.25. The molecule has 0 radical (unpaired) electrons. The third-order valence-electron chi connectivity index (χ3n) is 4.40. The second-order valence-electron chi connectivity index (χ2n) is 6.28. The van der Waals surface area contributed by atoms with Crippen molar-refractivity contribution in [2.75, 3.05) is 18.5 Å². The van der Waals surface area contributed by atoms with Crippen LogP contribution in [-0.2, 0) is 14.3 Å². The van der Waals surface area contributed by atoms with E-state index in [1.165, 1.54) is 27.6 Å². The Morgan fingerprint density at radius 2 is 2.07 bits per heavy atom. The molecule has 2 aromatic heterocycles. The zero-order valence-electron chi connectivity index (χ0n) is 14.8. The average Bonchev–Trinajstić information content (AvgIpc) is 3.45. The van der Waals surface area contributed by atoms with Gasteiger partial charge in [-0.05, 0) is 36.4 Å². The third kappa shape index (κ3) is 3.90. The number of carbonyl (C=O) groups is 3. The molecule has 2 amide bonds. The number of para-hydroxylation sites is 1. The fourth-order valence-electron chi connectivity index (χ4n) is 3.11. The Morgan fingerprint density at radius 3 is 2.86 bits per heavy atom. The molecule has 0 bridgehead atoms. The number of esters is 1. The van der Waals surface area contributed by atoms with Crippen LogP contribution in [-0.4, -0.2) is 46.9 Å². The summed E-state index contributed by atoms with van der Waals surface area (Å²) in [5, 5.41) is 4.92. The zero-order valence-corrected chi connectivity index (χ0v) is 16.4. The fraction of sp³-hybridized carbons (Fsp3) is 0.263. The highest BCUT2D eigenvalue weighted by Crippen LogP contribution is 2.25. The van der Waals surface area contributed by atoms with Crippen LogP contribution in [0, 0.1) is 0 Å². The van der Waals surface area contributed by atoms with Gasteiger partial charge in [-0.1, -0.05) is 29.5 Å². The molecular weight excluding hydrogens is 398 g/mol. The number of hydrogen-bond acceptors (Lipinski definition) is 7. The zero-order chi connectivity index (χ0) is 19.5. The van der Waals surface area contributed by atoms with Crippen LogP contribution in [0.5, 0.6) is 0 Å². The van der Waals surface area contributed by atoms with Crippen molar-refractivity contribution >= 4 is 55.8 Å². The van der Waals surface area contributed by atoms with Crippen molar-refractivity contribution in [3.05, 3.63) is 46.7 Å². The first-order valence-electron chi connectivity index (χ1n) is 8.78. The summed E-state index contributed by atoms with van der Waals surface area (Å²) in [5.41, 5.74) is 0.800. The monoisotopic (exact) mass is 415 g/mol. The summed E-state index contributed by atoms with van der Waals surface area (Å²) in [6.45, 7) is 0.0979. The van der Waals surface area contributed by atoms with Gasteiger partial charge in [0.1, 0.15) is 6.04 Å². The highest BCUT2D eigenvalue weighted by atomic mass is 32.1. The lowest BCUT2D eigenvalue weighted by Crippen LogP contribution is -2.41. The largest absolute Gasteiger partial charge is 0.454 e. The van der Waals surface area contributed by atoms with E-state index in [0.717, 1.165) is 16.6 Å². The normalized spacial score (nSPS) is 16.3. The van der Waals surface area contributed by atoms with Crippen LogP contribution in [0.4, 0.5) is 5.13 Å². The van der Waals surface area contributed by atoms with Crippen molar-refractivity contribution in [1.82, 2.24) is 9.88 Å². The number of nitrogens with zero attached hydrogens (tertiary/aromatic N) is 2. The summed E-state index contributed by atoms with van der Waals surface area (Å²) in [4.78, 5) is 43.5. The molecule has 28 heavy (non-hydrogen) atoms. The SMILES string of the molecule is O=C(COC(=O)[C@H]1CCCN1C(=O)c1cccs1)Nc1nc2ccccc2s1. The minimum atomic E-state index is -0.648. The van der Waals surface area contributed by atoms with E-state index in [0.29, 0.717) is 23.0 Å². The number of nitrogens with one attached hydrogen (secondary N) is 1. The van der Waals surface area contributed by atoms with Gasteiger partial charge in [0, 0.05) is 6.54 Å². The Bertz CT molecular complexity index is 982. The predicted octanol–water partition coefficient (Wildman–Crippen LogP) is 3.14. The van der Waals surface area contributed by atoms with Crippen molar-refractivity contribution in [1.29, 1.82) is 0 Å². The van der Waals surface area contributed by atoms with Gasteiger partial charge in [-0.2, -0.15) is 0 Å². The second kappa shape index (κ2) is 8.07. The van der Waals surface area contributed by atoms with Crippen LogP contribution in [0.2, 0.25) is 0 Å². The molecule has 1 N–H and O–H groups in total. The first kappa shape index (κ1) is 18.6. The molecule has 1 aliphatic rings. The van der Waals surface area contributed by atoms with Gasteiger partial charge in [0.05, 0.1) is 15.1 Å². The summed E-state index contributed by atoms with van der Waals surface area (Å²) in [6.07, 6.45) is 1.27. The fourth-order valence-corrected chi connectivity index (χ4v) is 4.67. The van der Waals surface area contributed by atoms with E-state index in [-0.39, 0.29) is 5.91 Å². The lowest BCUT2D eigenvalue weighted by Gasteiger charge is -2.22. The van der Waals surface area contributed by atoms with E-state index >= 15 is 0 Å². The van der Waals surface area contributed by atoms with Crippen molar-refractivity contribution < 1.29 is 19.1 Å². The number of likely N-dealkylation sites (tertiary alicyclic amines) is 1. The Kier molecular flexibility index (Phi) is 5.36. The van der Waals surface area contributed by atoms with Gasteiger partial charge in [0.25, 0.3) is 11.8 Å². The first-order chi connectivity index (χ1) is 13.6. The minimum absolute atomic E-state index is 0.173. The van der Waals surface area contributed by atoms with E-state index < -0.39 is 24.5 Å². The molecule has 3 heterocycles. The molecule has 144 valence electrons. The van der Waals surface area contributed by atoms with Crippen LogP contribution >= 0.6 is 22.7 Å². The summed E-state index contributed by atoms with van der Waals surface area (Å²) in [5.74, 6) is -1.18. The molecule has 0 spiro atoms. The third-order valence-corrected chi connectivity index (χ3v) is 6.21. The number of thiazole rings is 1. The van der Waals surface area contributed by atoms with E-state index in [2.05, 4.69) is 10.3 Å². The highest BCUT2D eigenvalue weighted by Gasteiger charge is 2.36. The maximum Gasteiger partial charge on any atom is 0.329 e.